The van der Waals surface area contributed by atoms with Gasteiger partial charge in [-0.2, -0.15) is 0 Å². The lowest BCUT2D eigenvalue weighted by Crippen LogP contribution is -2.29. The number of nitrogens with one attached hydrogen (secondary N) is 1. The Morgan fingerprint density at radius 1 is 1.06 bits per heavy atom. The van der Waals surface area contributed by atoms with Crippen LogP contribution in [0.4, 0.5) is 5.95 Å². The SMILES string of the molecule is Cc1cnc(Oc2ccc(CNc3nc4ccc(CC5COC5)cc4n3C)cc2)nc1. The van der Waals surface area contributed by atoms with Crippen molar-refractivity contribution in [2.24, 2.45) is 13.0 Å². The van der Waals surface area contributed by atoms with Crippen LogP contribution in [-0.2, 0) is 24.8 Å². The lowest BCUT2D eigenvalue weighted by atomic mass is 9.98. The van der Waals surface area contributed by atoms with Crippen LogP contribution in [0, 0.1) is 12.8 Å². The molecule has 1 fully saturated rings. The average Bonchev–Trinajstić information content (AvgIpc) is 3.07. The third kappa shape index (κ3) is 4.36. The van der Waals surface area contributed by atoms with Crippen molar-refractivity contribution in [3.8, 4) is 11.8 Å². The lowest BCUT2D eigenvalue weighted by Gasteiger charge is -2.25. The molecule has 7 heteroatoms. The van der Waals surface area contributed by atoms with Gasteiger partial charge in [0.05, 0.1) is 24.2 Å². The van der Waals surface area contributed by atoms with E-state index in [0.717, 1.165) is 47.7 Å². The predicted molar refractivity (Wildman–Crippen MR) is 119 cm³/mol. The maximum absolute atomic E-state index is 5.69. The molecule has 1 saturated heterocycles. The van der Waals surface area contributed by atoms with Gasteiger partial charge in [0.1, 0.15) is 5.75 Å². The molecule has 0 atom stereocenters. The fraction of sp³-hybridized carbons (Fsp3) is 0.292. The summed E-state index contributed by atoms with van der Waals surface area (Å²) in [6.45, 7) is 4.36. The molecule has 1 aliphatic rings. The molecule has 0 spiro atoms. The minimum Gasteiger partial charge on any atom is -0.424 e. The van der Waals surface area contributed by atoms with E-state index in [2.05, 4.69) is 38.1 Å². The van der Waals surface area contributed by atoms with E-state index in [1.807, 2.05) is 38.2 Å². The van der Waals surface area contributed by atoms with E-state index in [9.17, 15) is 0 Å². The van der Waals surface area contributed by atoms with Gasteiger partial charge >= 0.3 is 6.01 Å². The number of fused-ring (bicyclic) bond motifs is 1. The van der Waals surface area contributed by atoms with Crippen LogP contribution in [0.15, 0.2) is 54.9 Å². The summed E-state index contributed by atoms with van der Waals surface area (Å²) in [6.07, 6.45) is 4.54. The monoisotopic (exact) mass is 415 g/mol. The second kappa shape index (κ2) is 8.35. The van der Waals surface area contributed by atoms with Crippen molar-refractivity contribution < 1.29 is 9.47 Å². The van der Waals surface area contributed by atoms with Crippen LogP contribution < -0.4 is 10.1 Å². The molecule has 2 aromatic carbocycles. The number of nitrogens with zero attached hydrogens (tertiary/aromatic N) is 4. The fourth-order valence-electron chi connectivity index (χ4n) is 3.65. The Labute approximate surface area is 181 Å². The first-order valence-electron chi connectivity index (χ1n) is 10.5. The number of hydrogen-bond donors (Lipinski definition) is 1. The van der Waals surface area contributed by atoms with E-state index in [4.69, 9.17) is 14.5 Å². The van der Waals surface area contributed by atoms with Crippen molar-refractivity contribution in [3.63, 3.8) is 0 Å². The van der Waals surface area contributed by atoms with E-state index < -0.39 is 0 Å². The van der Waals surface area contributed by atoms with Gasteiger partial charge in [-0.3, -0.25) is 0 Å². The first-order chi connectivity index (χ1) is 15.1. The van der Waals surface area contributed by atoms with Crippen molar-refractivity contribution in [1.82, 2.24) is 19.5 Å². The number of hydrogen-bond acceptors (Lipinski definition) is 6. The molecule has 1 N–H and O–H groups in total. The summed E-state index contributed by atoms with van der Waals surface area (Å²) >= 11 is 0. The Morgan fingerprint density at radius 2 is 1.81 bits per heavy atom. The van der Waals surface area contributed by atoms with E-state index in [0.29, 0.717) is 24.2 Å². The van der Waals surface area contributed by atoms with Crippen LogP contribution in [0.5, 0.6) is 11.8 Å². The minimum absolute atomic E-state index is 0.348. The Hall–Kier alpha value is -3.45. The van der Waals surface area contributed by atoms with Crippen molar-refractivity contribution >= 4 is 17.0 Å². The van der Waals surface area contributed by atoms with Crippen molar-refractivity contribution in [1.29, 1.82) is 0 Å². The van der Waals surface area contributed by atoms with Gasteiger partial charge in [-0.15, -0.1) is 0 Å². The number of rotatable bonds is 7. The number of benzene rings is 2. The summed E-state index contributed by atoms with van der Waals surface area (Å²) in [4.78, 5) is 13.1. The van der Waals surface area contributed by atoms with Crippen molar-refractivity contribution in [2.45, 2.75) is 19.9 Å². The highest BCUT2D eigenvalue weighted by Crippen LogP contribution is 2.24. The van der Waals surface area contributed by atoms with E-state index >= 15 is 0 Å². The Kier molecular flexibility index (Phi) is 5.26. The minimum atomic E-state index is 0.348. The first kappa shape index (κ1) is 19.5. The second-order valence-corrected chi connectivity index (χ2v) is 8.07. The van der Waals surface area contributed by atoms with Gasteiger partial charge in [-0.1, -0.05) is 18.2 Å². The molecular formula is C24H25N5O2. The molecule has 31 heavy (non-hydrogen) atoms. The van der Waals surface area contributed by atoms with Crippen LogP contribution in [0.1, 0.15) is 16.7 Å². The van der Waals surface area contributed by atoms with Crippen LogP contribution in [0.3, 0.4) is 0 Å². The third-order valence-corrected chi connectivity index (χ3v) is 5.52. The van der Waals surface area contributed by atoms with Crippen molar-refractivity contribution in [2.75, 3.05) is 18.5 Å². The highest BCUT2D eigenvalue weighted by molar-refractivity contribution is 5.79. The molecule has 0 aliphatic carbocycles. The normalized spacial score (nSPS) is 13.9. The highest BCUT2D eigenvalue weighted by Gasteiger charge is 2.19. The third-order valence-electron chi connectivity index (χ3n) is 5.52. The van der Waals surface area contributed by atoms with Crippen LogP contribution >= 0.6 is 0 Å². The zero-order valence-corrected chi connectivity index (χ0v) is 17.7. The molecule has 5 rings (SSSR count). The van der Waals surface area contributed by atoms with Gasteiger partial charge in [0.15, 0.2) is 0 Å². The van der Waals surface area contributed by atoms with Crippen LogP contribution in [-0.4, -0.2) is 32.7 Å². The molecule has 0 bridgehead atoms. The molecule has 0 unspecified atom stereocenters. The van der Waals surface area contributed by atoms with Gasteiger partial charge in [0, 0.05) is 31.9 Å². The zero-order chi connectivity index (χ0) is 21.2. The molecular weight excluding hydrogens is 390 g/mol. The van der Waals surface area contributed by atoms with Gasteiger partial charge < -0.3 is 19.4 Å². The average molecular weight is 415 g/mol. The van der Waals surface area contributed by atoms with Crippen LogP contribution in [0.2, 0.25) is 0 Å². The Balaban J connectivity index is 1.23. The summed E-state index contributed by atoms with van der Waals surface area (Å²) in [6, 6.07) is 14.8. The molecule has 0 radical (unpaired) electrons. The summed E-state index contributed by atoms with van der Waals surface area (Å²) in [5.74, 6) is 2.21. The summed E-state index contributed by atoms with van der Waals surface area (Å²) in [5.41, 5.74) is 5.61. The second-order valence-electron chi connectivity index (χ2n) is 8.07. The molecule has 7 nitrogen and oxygen atoms in total. The van der Waals surface area contributed by atoms with Crippen molar-refractivity contribution in [3.05, 3.63) is 71.5 Å². The predicted octanol–water partition coefficient (Wildman–Crippen LogP) is 4.27. The zero-order valence-electron chi connectivity index (χ0n) is 17.7. The molecule has 1 aliphatic heterocycles. The first-order valence-corrected chi connectivity index (χ1v) is 10.5. The molecule has 4 aromatic rings. The molecule has 2 aromatic heterocycles. The number of anilines is 1. The number of aryl methyl sites for hydroxylation is 2. The van der Waals surface area contributed by atoms with Gasteiger partial charge in [-0.05, 0) is 54.3 Å². The number of aromatic nitrogens is 4. The van der Waals surface area contributed by atoms with E-state index in [1.54, 1.807) is 12.4 Å². The quantitative estimate of drug-likeness (QED) is 0.486. The summed E-state index contributed by atoms with van der Waals surface area (Å²) in [7, 11) is 2.05. The molecule has 3 heterocycles. The standard InChI is InChI=1S/C24H25N5O2/c1-16-11-26-24(27-12-16)31-20-6-3-17(4-7-20)13-25-23-28-21-8-5-18(9-19-14-30-15-19)10-22(21)29(23)2/h3-8,10-12,19H,9,13-15H2,1-2H3,(H,25,28). The van der Waals surface area contributed by atoms with Gasteiger partial charge in [0.25, 0.3) is 0 Å². The van der Waals surface area contributed by atoms with Gasteiger partial charge in [0.2, 0.25) is 5.95 Å². The summed E-state index contributed by atoms with van der Waals surface area (Å²) in [5, 5.41) is 3.44. The Bertz CT molecular complexity index is 1180. The highest BCUT2D eigenvalue weighted by atomic mass is 16.5. The van der Waals surface area contributed by atoms with Crippen LogP contribution in [0.25, 0.3) is 11.0 Å². The topological polar surface area (TPSA) is 74.1 Å². The Morgan fingerprint density at radius 3 is 2.52 bits per heavy atom. The number of ether oxygens (including phenoxy) is 2. The number of imidazole rings is 1. The van der Waals surface area contributed by atoms with E-state index in [-0.39, 0.29) is 0 Å². The molecule has 0 saturated carbocycles. The largest absolute Gasteiger partial charge is 0.424 e. The van der Waals surface area contributed by atoms with Gasteiger partial charge in [-0.25, -0.2) is 15.0 Å². The van der Waals surface area contributed by atoms with E-state index in [1.165, 1.54) is 5.56 Å². The molecule has 0 amide bonds. The summed E-state index contributed by atoms with van der Waals surface area (Å²) < 4.78 is 13.1. The fourth-order valence-corrected chi connectivity index (χ4v) is 3.65. The maximum Gasteiger partial charge on any atom is 0.321 e. The lowest BCUT2D eigenvalue weighted by molar-refractivity contribution is -0.0312. The maximum atomic E-state index is 5.69. The smallest absolute Gasteiger partial charge is 0.321 e. The molecule has 158 valence electrons.